The van der Waals surface area contributed by atoms with Crippen molar-refractivity contribution in [3.8, 4) is 5.75 Å². The molecule has 0 radical (unpaired) electrons. The molecule has 1 aliphatic heterocycles. The molecule has 0 saturated carbocycles. The van der Waals surface area contributed by atoms with Gasteiger partial charge < -0.3 is 14.6 Å². The van der Waals surface area contributed by atoms with Crippen molar-refractivity contribution < 1.29 is 9.53 Å². The number of ether oxygens (including phenoxy) is 1. The van der Waals surface area contributed by atoms with Gasteiger partial charge in [0.15, 0.2) is 0 Å². The van der Waals surface area contributed by atoms with Gasteiger partial charge in [-0.25, -0.2) is 0 Å². The molecule has 0 aliphatic carbocycles. The zero-order chi connectivity index (χ0) is 19.5. The minimum atomic E-state index is 0.0977. The number of H-pyrrole nitrogens is 1. The third-order valence-corrected chi connectivity index (χ3v) is 5.63. The highest BCUT2D eigenvalue weighted by atomic mass is 16.5. The number of likely N-dealkylation sites (tertiary alicyclic amines) is 1. The summed E-state index contributed by atoms with van der Waals surface area (Å²) in [5, 5.41) is 1.23. The second-order valence-corrected chi connectivity index (χ2v) is 7.50. The number of rotatable bonds is 4. The van der Waals surface area contributed by atoms with Crippen molar-refractivity contribution in [2.45, 2.75) is 25.7 Å². The maximum atomic E-state index is 12.6. The number of carbonyl (C=O) groups is 1. The first kappa shape index (κ1) is 18.4. The second-order valence-electron chi connectivity index (χ2n) is 7.50. The number of fused-ring (bicyclic) bond motifs is 1. The van der Waals surface area contributed by atoms with Gasteiger partial charge in [-0.3, -0.25) is 4.79 Å². The highest BCUT2D eigenvalue weighted by Crippen LogP contribution is 2.34. The quantitative estimate of drug-likeness (QED) is 0.660. The van der Waals surface area contributed by atoms with Crippen LogP contribution < -0.4 is 4.74 Å². The molecule has 2 heterocycles. The summed E-state index contributed by atoms with van der Waals surface area (Å²) in [4.78, 5) is 17.9. The Morgan fingerprint density at radius 1 is 1.18 bits per heavy atom. The van der Waals surface area contributed by atoms with Gasteiger partial charge in [-0.1, -0.05) is 29.8 Å². The molecule has 1 N–H and O–H groups in total. The number of amides is 1. The number of hydrogen-bond acceptors (Lipinski definition) is 2. The van der Waals surface area contributed by atoms with E-state index in [-0.39, 0.29) is 5.91 Å². The fraction of sp³-hybridized carbons (Fsp3) is 0.292. The predicted octanol–water partition coefficient (Wildman–Crippen LogP) is 4.90. The Balaban J connectivity index is 1.41. The lowest BCUT2D eigenvalue weighted by atomic mass is 9.89. The highest BCUT2D eigenvalue weighted by molar-refractivity contribution is 5.92. The Kier molecular flexibility index (Phi) is 5.20. The molecule has 2 aromatic carbocycles. The van der Waals surface area contributed by atoms with Crippen LogP contribution in [0.1, 0.15) is 35.4 Å². The SMILES string of the molecule is COc1ccc2[nH]cc(C3CCN(C(=O)/C=C/c4cccc(C)c4)CC3)c2c1. The normalized spacial score (nSPS) is 15.4. The molecule has 1 fully saturated rings. The van der Waals surface area contributed by atoms with Gasteiger partial charge >= 0.3 is 0 Å². The first-order valence-corrected chi connectivity index (χ1v) is 9.83. The number of aromatic nitrogens is 1. The van der Waals surface area contributed by atoms with Crippen LogP contribution in [0, 0.1) is 6.92 Å². The third kappa shape index (κ3) is 3.81. The van der Waals surface area contributed by atoms with Crippen molar-refractivity contribution in [3.63, 3.8) is 0 Å². The molecule has 0 spiro atoms. The molecule has 4 nitrogen and oxygen atoms in total. The molecule has 144 valence electrons. The summed E-state index contributed by atoms with van der Waals surface area (Å²) >= 11 is 0. The van der Waals surface area contributed by atoms with Gasteiger partial charge in [0.2, 0.25) is 5.91 Å². The molecule has 1 aromatic heterocycles. The average Bonchev–Trinajstić information content (AvgIpc) is 3.15. The molecule has 1 amide bonds. The standard InChI is InChI=1S/C24H26N2O2/c1-17-4-3-5-18(14-17)6-9-24(27)26-12-10-19(11-13-26)22-16-25-23-8-7-20(28-2)15-21(22)23/h3-9,14-16,19,25H,10-13H2,1-2H3/b9-6+. The maximum absolute atomic E-state index is 12.6. The van der Waals surface area contributed by atoms with Crippen molar-refractivity contribution in [2.75, 3.05) is 20.2 Å². The van der Waals surface area contributed by atoms with E-state index in [1.807, 2.05) is 29.2 Å². The van der Waals surface area contributed by atoms with Crippen molar-refractivity contribution in [1.29, 1.82) is 0 Å². The van der Waals surface area contributed by atoms with Crippen LogP contribution in [-0.2, 0) is 4.79 Å². The van der Waals surface area contributed by atoms with E-state index in [1.165, 1.54) is 16.5 Å². The van der Waals surface area contributed by atoms with Crippen LogP contribution in [0.15, 0.2) is 54.7 Å². The lowest BCUT2D eigenvalue weighted by Gasteiger charge is -2.31. The largest absolute Gasteiger partial charge is 0.497 e. The Morgan fingerprint density at radius 3 is 2.75 bits per heavy atom. The van der Waals surface area contributed by atoms with Crippen molar-refractivity contribution >= 4 is 22.9 Å². The molecule has 0 unspecified atom stereocenters. The number of carbonyl (C=O) groups excluding carboxylic acids is 1. The van der Waals surface area contributed by atoms with Crippen molar-refractivity contribution in [2.24, 2.45) is 0 Å². The van der Waals surface area contributed by atoms with Gasteiger partial charge in [0.1, 0.15) is 5.75 Å². The van der Waals surface area contributed by atoms with E-state index >= 15 is 0 Å². The minimum Gasteiger partial charge on any atom is -0.497 e. The lowest BCUT2D eigenvalue weighted by Crippen LogP contribution is -2.36. The maximum Gasteiger partial charge on any atom is 0.246 e. The average molecular weight is 374 g/mol. The summed E-state index contributed by atoms with van der Waals surface area (Å²) in [5.41, 5.74) is 4.73. The fourth-order valence-corrected chi connectivity index (χ4v) is 4.04. The van der Waals surface area contributed by atoms with E-state index < -0.39 is 0 Å². The summed E-state index contributed by atoms with van der Waals surface area (Å²) in [7, 11) is 1.70. The van der Waals surface area contributed by atoms with Gasteiger partial charge in [0, 0.05) is 36.3 Å². The minimum absolute atomic E-state index is 0.0977. The topological polar surface area (TPSA) is 45.3 Å². The molecular formula is C24H26N2O2. The Labute approximate surface area is 165 Å². The molecule has 28 heavy (non-hydrogen) atoms. The molecule has 1 saturated heterocycles. The van der Waals surface area contributed by atoms with Crippen LogP contribution in [0.5, 0.6) is 5.75 Å². The predicted molar refractivity (Wildman–Crippen MR) is 114 cm³/mol. The Bertz CT molecular complexity index is 1010. The summed E-state index contributed by atoms with van der Waals surface area (Å²) in [5.74, 6) is 1.44. The first-order chi connectivity index (χ1) is 13.6. The van der Waals surface area contributed by atoms with Crippen LogP contribution in [0.25, 0.3) is 17.0 Å². The smallest absolute Gasteiger partial charge is 0.246 e. The fourth-order valence-electron chi connectivity index (χ4n) is 4.04. The summed E-state index contributed by atoms with van der Waals surface area (Å²) in [6.45, 7) is 3.64. The van der Waals surface area contributed by atoms with E-state index in [0.29, 0.717) is 5.92 Å². The third-order valence-electron chi connectivity index (χ3n) is 5.63. The molecular weight excluding hydrogens is 348 g/mol. The van der Waals surface area contributed by atoms with Crippen molar-refractivity contribution in [3.05, 3.63) is 71.4 Å². The monoisotopic (exact) mass is 374 g/mol. The Hall–Kier alpha value is -3.01. The van der Waals surface area contributed by atoms with E-state index in [2.05, 4.69) is 42.4 Å². The molecule has 0 bridgehead atoms. The van der Waals surface area contributed by atoms with Crippen LogP contribution in [0.4, 0.5) is 0 Å². The van der Waals surface area contributed by atoms with Crippen LogP contribution in [0.3, 0.4) is 0 Å². The number of hydrogen-bond donors (Lipinski definition) is 1. The molecule has 4 rings (SSSR count). The molecule has 3 aromatic rings. The molecule has 0 atom stereocenters. The van der Waals surface area contributed by atoms with E-state index in [0.717, 1.165) is 42.8 Å². The Morgan fingerprint density at radius 2 is 2.00 bits per heavy atom. The summed E-state index contributed by atoms with van der Waals surface area (Å²) < 4.78 is 5.38. The zero-order valence-corrected chi connectivity index (χ0v) is 16.4. The number of nitrogens with one attached hydrogen (secondary N) is 1. The van der Waals surface area contributed by atoms with Gasteiger partial charge in [-0.05, 0) is 61.1 Å². The second kappa shape index (κ2) is 7.93. The number of methoxy groups -OCH3 is 1. The van der Waals surface area contributed by atoms with Gasteiger partial charge in [0.05, 0.1) is 7.11 Å². The summed E-state index contributed by atoms with van der Waals surface area (Å²) in [6.07, 6.45) is 7.69. The summed E-state index contributed by atoms with van der Waals surface area (Å²) in [6, 6.07) is 14.3. The number of aromatic amines is 1. The van der Waals surface area contributed by atoms with Crippen LogP contribution in [0.2, 0.25) is 0 Å². The zero-order valence-electron chi connectivity index (χ0n) is 16.4. The number of nitrogens with zero attached hydrogens (tertiary/aromatic N) is 1. The number of aryl methyl sites for hydroxylation is 1. The molecule has 1 aliphatic rings. The van der Waals surface area contributed by atoms with E-state index in [9.17, 15) is 4.79 Å². The lowest BCUT2D eigenvalue weighted by molar-refractivity contribution is -0.126. The van der Waals surface area contributed by atoms with Crippen molar-refractivity contribution in [1.82, 2.24) is 9.88 Å². The van der Waals surface area contributed by atoms with E-state index in [1.54, 1.807) is 13.2 Å². The molecule has 4 heteroatoms. The number of piperidine rings is 1. The van der Waals surface area contributed by atoms with Gasteiger partial charge in [-0.2, -0.15) is 0 Å². The van der Waals surface area contributed by atoms with E-state index in [4.69, 9.17) is 4.74 Å². The first-order valence-electron chi connectivity index (χ1n) is 9.83. The highest BCUT2D eigenvalue weighted by Gasteiger charge is 2.24. The van der Waals surface area contributed by atoms with Crippen LogP contribution >= 0.6 is 0 Å². The van der Waals surface area contributed by atoms with Gasteiger partial charge in [0.25, 0.3) is 0 Å². The van der Waals surface area contributed by atoms with Crippen LogP contribution in [-0.4, -0.2) is 36.0 Å². The number of benzene rings is 2. The van der Waals surface area contributed by atoms with Gasteiger partial charge in [-0.15, -0.1) is 0 Å².